The molecule has 0 aliphatic rings. The van der Waals surface area contributed by atoms with E-state index in [0.29, 0.717) is 0 Å². The van der Waals surface area contributed by atoms with Crippen LogP contribution in [0, 0.1) is 5.41 Å². The fourth-order valence-corrected chi connectivity index (χ4v) is 2.77. The van der Waals surface area contributed by atoms with E-state index in [1.165, 1.54) is 11.1 Å². The molecule has 0 aliphatic heterocycles. The van der Waals surface area contributed by atoms with E-state index >= 15 is 0 Å². The van der Waals surface area contributed by atoms with E-state index in [2.05, 4.69) is 42.6 Å². The molecule has 2 rings (SSSR count). The molecule has 1 aromatic carbocycles. The van der Waals surface area contributed by atoms with Gasteiger partial charge < -0.3 is 10.4 Å². The molecule has 120 valence electrons. The fourth-order valence-electron chi connectivity index (χ4n) is 2.77. The SMILES string of the molecule is CC(O)CC(C)(C)CNCc1cnn(Cc2ccccc2)c1. The highest BCUT2D eigenvalue weighted by Crippen LogP contribution is 2.21. The number of aromatic nitrogens is 2. The van der Waals surface area contributed by atoms with Gasteiger partial charge in [0, 0.05) is 24.8 Å². The predicted octanol–water partition coefficient (Wildman–Crippen LogP) is 2.82. The summed E-state index contributed by atoms with van der Waals surface area (Å²) in [6.45, 7) is 8.67. The molecule has 0 radical (unpaired) electrons. The van der Waals surface area contributed by atoms with Crippen LogP contribution in [-0.4, -0.2) is 27.5 Å². The van der Waals surface area contributed by atoms with Crippen molar-refractivity contribution in [2.45, 2.75) is 46.4 Å². The number of aliphatic hydroxyl groups is 1. The Kier molecular flexibility index (Phi) is 5.75. The maximum atomic E-state index is 9.51. The molecule has 1 atom stereocenters. The molecule has 2 N–H and O–H groups in total. The van der Waals surface area contributed by atoms with Crippen molar-refractivity contribution < 1.29 is 5.11 Å². The lowest BCUT2D eigenvalue weighted by Crippen LogP contribution is -2.31. The van der Waals surface area contributed by atoms with Gasteiger partial charge in [-0.15, -0.1) is 0 Å². The van der Waals surface area contributed by atoms with Crippen LogP contribution in [0.15, 0.2) is 42.7 Å². The summed E-state index contributed by atoms with van der Waals surface area (Å²) in [6, 6.07) is 10.3. The highest BCUT2D eigenvalue weighted by atomic mass is 16.3. The maximum absolute atomic E-state index is 9.51. The van der Waals surface area contributed by atoms with Gasteiger partial charge >= 0.3 is 0 Å². The smallest absolute Gasteiger partial charge is 0.0659 e. The topological polar surface area (TPSA) is 50.1 Å². The summed E-state index contributed by atoms with van der Waals surface area (Å²) in [6.07, 6.45) is 4.54. The minimum Gasteiger partial charge on any atom is -0.393 e. The zero-order valence-electron chi connectivity index (χ0n) is 13.8. The van der Waals surface area contributed by atoms with Crippen LogP contribution in [0.2, 0.25) is 0 Å². The van der Waals surface area contributed by atoms with Crippen LogP contribution < -0.4 is 5.32 Å². The first-order valence-corrected chi connectivity index (χ1v) is 7.89. The van der Waals surface area contributed by atoms with Gasteiger partial charge in [-0.2, -0.15) is 5.10 Å². The number of hydrogen-bond donors (Lipinski definition) is 2. The van der Waals surface area contributed by atoms with Gasteiger partial charge in [-0.1, -0.05) is 44.2 Å². The van der Waals surface area contributed by atoms with Crippen LogP contribution in [0.25, 0.3) is 0 Å². The Bertz CT molecular complexity index is 561. The van der Waals surface area contributed by atoms with E-state index in [1.807, 2.05) is 36.0 Å². The van der Waals surface area contributed by atoms with Crippen molar-refractivity contribution in [3.05, 3.63) is 53.9 Å². The first kappa shape index (κ1) is 16.7. The van der Waals surface area contributed by atoms with Crippen molar-refractivity contribution in [1.82, 2.24) is 15.1 Å². The van der Waals surface area contributed by atoms with Crippen molar-refractivity contribution in [1.29, 1.82) is 0 Å². The van der Waals surface area contributed by atoms with Gasteiger partial charge in [0.25, 0.3) is 0 Å². The number of aliphatic hydroxyl groups excluding tert-OH is 1. The Labute approximate surface area is 133 Å². The first-order valence-electron chi connectivity index (χ1n) is 7.89. The molecule has 0 saturated heterocycles. The van der Waals surface area contributed by atoms with Crippen molar-refractivity contribution in [2.24, 2.45) is 5.41 Å². The van der Waals surface area contributed by atoms with E-state index in [0.717, 1.165) is 26.1 Å². The van der Waals surface area contributed by atoms with Gasteiger partial charge in [0.2, 0.25) is 0 Å². The molecule has 1 heterocycles. The monoisotopic (exact) mass is 301 g/mol. The number of benzene rings is 1. The lowest BCUT2D eigenvalue weighted by atomic mass is 9.87. The Balaban J connectivity index is 1.80. The van der Waals surface area contributed by atoms with Gasteiger partial charge in [-0.05, 0) is 24.3 Å². The molecule has 1 unspecified atom stereocenters. The lowest BCUT2D eigenvalue weighted by Gasteiger charge is -2.26. The molecule has 0 aliphatic carbocycles. The van der Waals surface area contributed by atoms with Gasteiger partial charge in [0.05, 0.1) is 18.8 Å². The van der Waals surface area contributed by atoms with E-state index in [9.17, 15) is 5.11 Å². The van der Waals surface area contributed by atoms with Crippen LogP contribution >= 0.6 is 0 Å². The Morgan fingerprint density at radius 2 is 1.95 bits per heavy atom. The summed E-state index contributed by atoms with van der Waals surface area (Å²) in [5, 5.41) is 17.4. The van der Waals surface area contributed by atoms with Gasteiger partial charge in [0.1, 0.15) is 0 Å². The molecular formula is C18H27N3O. The van der Waals surface area contributed by atoms with E-state index < -0.39 is 0 Å². The Hall–Kier alpha value is -1.65. The Morgan fingerprint density at radius 1 is 1.23 bits per heavy atom. The molecule has 0 fully saturated rings. The number of nitrogens with zero attached hydrogens (tertiary/aromatic N) is 2. The number of rotatable bonds is 8. The summed E-state index contributed by atoms with van der Waals surface area (Å²) in [4.78, 5) is 0. The van der Waals surface area contributed by atoms with Gasteiger partial charge in [0.15, 0.2) is 0 Å². The quantitative estimate of drug-likeness (QED) is 0.788. The van der Waals surface area contributed by atoms with Gasteiger partial charge in [-0.3, -0.25) is 4.68 Å². The van der Waals surface area contributed by atoms with Gasteiger partial charge in [-0.25, -0.2) is 0 Å². The molecule has 0 spiro atoms. The largest absolute Gasteiger partial charge is 0.393 e. The van der Waals surface area contributed by atoms with Crippen LogP contribution in [0.3, 0.4) is 0 Å². The van der Waals surface area contributed by atoms with Crippen LogP contribution in [0.4, 0.5) is 0 Å². The lowest BCUT2D eigenvalue weighted by molar-refractivity contribution is 0.128. The zero-order chi connectivity index (χ0) is 16.0. The minimum atomic E-state index is -0.259. The predicted molar refractivity (Wildman–Crippen MR) is 89.6 cm³/mol. The molecule has 0 amide bonds. The summed E-state index contributed by atoms with van der Waals surface area (Å²) >= 11 is 0. The molecule has 0 bridgehead atoms. The van der Waals surface area contributed by atoms with Crippen LogP contribution in [0.5, 0.6) is 0 Å². The van der Waals surface area contributed by atoms with Crippen molar-refractivity contribution in [2.75, 3.05) is 6.54 Å². The highest BCUT2D eigenvalue weighted by Gasteiger charge is 2.19. The van der Waals surface area contributed by atoms with Crippen LogP contribution in [-0.2, 0) is 13.1 Å². The van der Waals surface area contributed by atoms with E-state index in [-0.39, 0.29) is 11.5 Å². The molecular weight excluding hydrogens is 274 g/mol. The normalized spacial score (nSPS) is 13.3. The third-order valence-electron chi connectivity index (χ3n) is 3.65. The van der Waals surface area contributed by atoms with E-state index in [4.69, 9.17) is 0 Å². The summed E-state index contributed by atoms with van der Waals surface area (Å²) in [5.41, 5.74) is 2.53. The standard InChI is InChI=1S/C18H27N3O/c1-15(22)9-18(2,3)14-19-10-17-11-20-21(13-17)12-16-7-5-4-6-8-16/h4-8,11,13,15,19,22H,9-10,12,14H2,1-3H3. The first-order chi connectivity index (χ1) is 10.4. The fraction of sp³-hybridized carbons (Fsp3) is 0.500. The highest BCUT2D eigenvalue weighted by molar-refractivity contribution is 5.15. The van der Waals surface area contributed by atoms with Crippen molar-refractivity contribution >= 4 is 0 Å². The zero-order valence-corrected chi connectivity index (χ0v) is 13.8. The molecule has 22 heavy (non-hydrogen) atoms. The average molecular weight is 301 g/mol. The molecule has 4 nitrogen and oxygen atoms in total. The summed E-state index contributed by atoms with van der Waals surface area (Å²) in [7, 11) is 0. The second-order valence-corrected chi connectivity index (χ2v) is 6.85. The number of nitrogens with one attached hydrogen (secondary N) is 1. The third kappa shape index (κ3) is 5.62. The second-order valence-electron chi connectivity index (χ2n) is 6.85. The molecule has 2 aromatic rings. The third-order valence-corrected chi connectivity index (χ3v) is 3.65. The Morgan fingerprint density at radius 3 is 2.64 bits per heavy atom. The van der Waals surface area contributed by atoms with Crippen molar-refractivity contribution in [3.8, 4) is 0 Å². The minimum absolute atomic E-state index is 0.0915. The molecule has 4 heteroatoms. The van der Waals surface area contributed by atoms with E-state index in [1.54, 1.807) is 0 Å². The molecule has 0 saturated carbocycles. The van der Waals surface area contributed by atoms with Crippen molar-refractivity contribution in [3.63, 3.8) is 0 Å². The molecule has 1 aromatic heterocycles. The second kappa shape index (κ2) is 7.56. The maximum Gasteiger partial charge on any atom is 0.0659 e. The van der Waals surface area contributed by atoms with Crippen LogP contribution in [0.1, 0.15) is 38.3 Å². The average Bonchev–Trinajstić information content (AvgIpc) is 2.85. The number of hydrogen-bond acceptors (Lipinski definition) is 3. The summed E-state index contributed by atoms with van der Waals surface area (Å²) in [5.74, 6) is 0. The summed E-state index contributed by atoms with van der Waals surface area (Å²) < 4.78 is 1.97.